The van der Waals surface area contributed by atoms with Gasteiger partial charge in [-0.2, -0.15) is 5.10 Å². The Bertz CT molecular complexity index is 941. The predicted octanol–water partition coefficient (Wildman–Crippen LogP) is 4.54. The molecule has 1 aliphatic heterocycles. The first kappa shape index (κ1) is 19.1. The number of aromatic nitrogens is 2. The molecule has 1 N–H and O–H groups in total. The first-order valence-electron chi connectivity index (χ1n) is 9.56. The summed E-state index contributed by atoms with van der Waals surface area (Å²) in [6.45, 7) is 2.83. The molecule has 4 nitrogen and oxygen atoms in total. The van der Waals surface area contributed by atoms with Crippen LogP contribution in [0, 0.1) is 11.7 Å². The maximum absolute atomic E-state index is 13.3. The average Bonchev–Trinajstić information content (AvgIpc) is 3.12. The Morgan fingerprint density at radius 3 is 2.68 bits per heavy atom. The largest absolute Gasteiger partial charge is 0.396 e. The van der Waals surface area contributed by atoms with Gasteiger partial charge >= 0.3 is 0 Å². The van der Waals surface area contributed by atoms with Gasteiger partial charge in [-0.3, -0.25) is 4.90 Å². The third kappa shape index (κ3) is 4.12. The van der Waals surface area contributed by atoms with Crippen molar-refractivity contribution in [3.05, 3.63) is 71.1 Å². The van der Waals surface area contributed by atoms with Crippen LogP contribution in [0.3, 0.4) is 0 Å². The maximum Gasteiger partial charge on any atom is 0.123 e. The number of aliphatic hydroxyl groups is 1. The summed E-state index contributed by atoms with van der Waals surface area (Å²) in [4.78, 5) is 2.36. The van der Waals surface area contributed by atoms with Crippen LogP contribution in [0.5, 0.6) is 0 Å². The molecule has 4 rings (SSSR count). The van der Waals surface area contributed by atoms with Crippen molar-refractivity contribution in [1.82, 2.24) is 14.7 Å². The zero-order valence-electron chi connectivity index (χ0n) is 15.6. The molecule has 6 heteroatoms. The molecule has 0 aliphatic carbocycles. The molecule has 0 radical (unpaired) electrons. The Hall–Kier alpha value is -2.21. The standard InChI is InChI=1S/C22H23ClFN3O/c23-21-6-2-1-5-20(21)22-17(13-26-11-3-4-16(12-26)15-28)14-27(25-22)19-9-7-18(24)8-10-19/h1-2,5-10,14,16,28H,3-4,11-13,15H2. The van der Waals surface area contributed by atoms with E-state index in [-0.39, 0.29) is 12.4 Å². The second-order valence-corrected chi connectivity index (χ2v) is 7.74. The second-order valence-electron chi connectivity index (χ2n) is 7.33. The number of aliphatic hydroxyl groups excluding tert-OH is 1. The summed E-state index contributed by atoms with van der Waals surface area (Å²) in [6, 6.07) is 14.0. The van der Waals surface area contributed by atoms with Crippen LogP contribution >= 0.6 is 11.6 Å². The lowest BCUT2D eigenvalue weighted by molar-refractivity contribution is 0.116. The fourth-order valence-corrected chi connectivity index (χ4v) is 4.04. The van der Waals surface area contributed by atoms with Gasteiger partial charge in [-0.1, -0.05) is 29.8 Å². The fourth-order valence-electron chi connectivity index (χ4n) is 3.82. The van der Waals surface area contributed by atoms with Gasteiger partial charge in [0.25, 0.3) is 0 Å². The lowest BCUT2D eigenvalue weighted by atomic mass is 9.98. The quantitative estimate of drug-likeness (QED) is 0.685. The zero-order chi connectivity index (χ0) is 19.5. The topological polar surface area (TPSA) is 41.3 Å². The molecule has 28 heavy (non-hydrogen) atoms. The van der Waals surface area contributed by atoms with Crippen LogP contribution < -0.4 is 0 Å². The molecule has 0 amide bonds. The molecule has 0 bridgehead atoms. The van der Waals surface area contributed by atoms with Crippen molar-refractivity contribution in [2.75, 3.05) is 19.7 Å². The lowest BCUT2D eigenvalue weighted by Gasteiger charge is -2.31. The van der Waals surface area contributed by atoms with Crippen LogP contribution in [-0.4, -0.2) is 39.5 Å². The van der Waals surface area contributed by atoms with E-state index in [1.807, 2.05) is 30.5 Å². The Morgan fingerprint density at radius 2 is 1.93 bits per heavy atom. The number of benzene rings is 2. The normalized spacial score (nSPS) is 17.8. The third-order valence-electron chi connectivity index (χ3n) is 5.27. The molecule has 0 spiro atoms. The Morgan fingerprint density at radius 1 is 1.14 bits per heavy atom. The molecule has 3 aromatic rings. The van der Waals surface area contributed by atoms with Crippen molar-refractivity contribution in [1.29, 1.82) is 0 Å². The van der Waals surface area contributed by atoms with Crippen LogP contribution in [0.15, 0.2) is 54.7 Å². The van der Waals surface area contributed by atoms with Crippen molar-refractivity contribution in [2.45, 2.75) is 19.4 Å². The van der Waals surface area contributed by atoms with Gasteiger partial charge in [-0.15, -0.1) is 0 Å². The summed E-state index contributed by atoms with van der Waals surface area (Å²) in [5.41, 5.74) is 3.58. The smallest absolute Gasteiger partial charge is 0.123 e. The Balaban J connectivity index is 1.70. The third-order valence-corrected chi connectivity index (χ3v) is 5.60. The van der Waals surface area contributed by atoms with Crippen molar-refractivity contribution < 1.29 is 9.50 Å². The SMILES string of the molecule is OCC1CCCN(Cc2cn(-c3ccc(F)cc3)nc2-c2ccccc2Cl)C1. The molecular formula is C22H23ClFN3O. The lowest BCUT2D eigenvalue weighted by Crippen LogP contribution is -2.36. The molecule has 1 aliphatic rings. The van der Waals surface area contributed by atoms with Crippen LogP contribution in [0.4, 0.5) is 4.39 Å². The van der Waals surface area contributed by atoms with E-state index in [2.05, 4.69) is 4.90 Å². The maximum atomic E-state index is 13.3. The van der Waals surface area contributed by atoms with Crippen molar-refractivity contribution >= 4 is 11.6 Å². The molecule has 1 atom stereocenters. The highest BCUT2D eigenvalue weighted by molar-refractivity contribution is 6.33. The molecule has 1 saturated heterocycles. The summed E-state index contributed by atoms with van der Waals surface area (Å²) in [6.07, 6.45) is 4.15. The molecule has 2 heterocycles. The zero-order valence-corrected chi connectivity index (χ0v) is 16.3. The molecular weight excluding hydrogens is 377 g/mol. The minimum Gasteiger partial charge on any atom is -0.396 e. The van der Waals surface area contributed by atoms with Crippen molar-refractivity contribution in [3.8, 4) is 16.9 Å². The van der Waals surface area contributed by atoms with Crippen LogP contribution in [0.25, 0.3) is 16.9 Å². The monoisotopic (exact) mass is 399 g/mol. The summed E-state index contributed by atoms with van der Waals surface area (Å²) in [7, 11) is 0. The van der Waals surface area contributed by atoms with E-state index in [9.17, 15) is 9.50 Å². The number of piperidine rings is 1. The Kier molecular flexibility index (Phi) is 5.76. The van der Waals surface area contributed by atoms with Crippen molar-refractivity contribution in [3.63, 3.8) is 0 Å². The number of halogens is 2. The van der Waals surface area contributed by atoms with E-state index in [1.54, 1.807) is 16.8 Å². The van der Waals surface area contributed by atoms with Gasteiger partial charge in [0, 0.05) is 37.0 Å². The summed E-state index contributed by atoms with van der Waals surface area (Å²) < 4.78 is 15.1. The molecule has 1 fully saturated rings. The van der Waals surface area contributed by atoms with E-state index in [0.29, 0.717) is 10.9 Å². The molecule has 2 aromatic carbocycles. The number of rotatable bonds is 5. The van der Waals surface area contributed by atoms with Crippen LogP contribution in [-0.2, 0) is 6.54 Å². The Labute approximate surface area is 169 Å². The van der Waals surface area contributed by atoms with Gasteiger partial charge in [0.05, 0.1) is 16.4 Å². The van der Waals surface area contributed by atoms with Gasteiger partial charge in [0.15, 0.2) is 0 Å². The minimum atomic E-state index is -0.272. The highest BCUT2D eigenvalue weighted by Gasteiger charge is 2.22. The number of likely N-dealkylation sites (tertiary alicyclic amines) is 1. The van der Waals surface area contributed by atoms with Crippen LogP contribution in [0.1, 0.15) is 18.4 Å². The summed E-state index contributed by atoms with van der Waals surface area (Å²) >= 11 is 6.45. The highest BCUT2D eigenvalue weighted by Crippen LogP contribution is 2.31. The molecule has 1 unspecified atom stereocenters. The minimum absolute atomic E-state index is 0.225. The van der Waals surface area contributed by atoms with Gasteiger partial charge in [0.2, 0.25) is 0 Å². The second kappa shape index (κ2) is 8.43. The average molecular weight is 400 g/mol. The fraction of sp³-hybridized carbons (Fsp3) is 0.318. The van der Waals surface area contributed by atoms with E-state index >= 15 is 0 Å². The summed E-state index contributed by atoms with van der Waals surface area (Å²) in [5.74, 6) is 0.0514. The number of nitrogens with zero attached hydrogens (tertiary/aromatic N) is 3. The summed E-state index contributed by atoms with van der Waals surface area (Å²) in [5, 5.41) is 15.0. The van der Waals surface area contributed by atoms with Gasteiger partial charge in [-0.25, -0.2) is 9.07 Å². The van der Waals surface area contributed by atoms with Crippen molar-refractivity contribution in [2.24, 2.45) is 5.92 Å². The van der Waals surface area contributed by atoms with Gasteiger partial charge in [-0.05, 0) is 55.6 Å². The van der Waals surface area contributed by atoms with E-state index in [1.165, 1.54) is 12.1 Å². The van der Waals surface area contributed by atoms with E-state index < -0.39 is 0 Å². The molecule has 0 saturated carbocycles. The predicted molar refractivity (Wildman–Crippen MR) is 109 cm³/mol. The molecule has 1 aromatic heterocycles. The van der Waals surface area contributed by atoms with Gasteiger partial charge < -0.3 is 5.11 Å². The number of hydrogen-bond donors (Lipinski definition) is 1. The molecule has 146 valence electrons. The first-order chi connectivity index (χ1) is 13.6. The van der Waals surface area contributed by atoms with Crippen LogP contribution in [0.2, 0.25) is 5.02 Å². The first-order valence-corrected chi connectivity index (χ1v) is 9.94. The van der Waals surface area contributed by atoms with E-state index in [0.717, 1.165) is 55.0 Å². The van der Waals surface area contributed by atoms with Gasteiger partial charge in [0.1, 0.15) is 5.82 Å². The van der Waals surface area contributed by atoms with E-state index in [4.69, 9.17) is 16.7 Å². The highest BCUT2D eigenvalue weighted by atomic mass is 35.5. The number of hydrogen-bond acceptors (Lipinski definition) is 3.